The number of piperidine rings is 1. The number of ether oxygens (including phenoxy) is 2. The summed E-state index contributed by atoms with van der Waals surface area (Å²) in [6.07, 6.45) is 3.56. The van der Waals surface area contributed by atoms with Crippen LogP contribution in [-0.2, 0) is 14.3 Å². The van der Waals surface area contributed by atoms with Gasteiger partial charge in [-0.05, 0) is 38.3 Å². The summed E-state index contributed by atoms with van der Waals surface area (Å²) >= 11 is 0. The average molecular weight is 258 g/mol. The quantitative estimate of drug-likeness (QED) is 0.644. The SMILES string of the molecule is COCCOCC(=O)N(C)CCC1CCNCC1. The maximum atomic E-state index is 11.7. The molecule has 0 aromatic heterocycles. The molecule has 1 rings (SSSR count). The lowest BCUT2D eigenvalue weighted by Gasteiger charge is -2.25. The van der Waals surface area contributed by atoms with E-state index in [1.54, 1.807) is 12.0 Å². The number of amides is 1. The van der Waals surface area contributed by atoms with Gasteiger partial charge in [0.2, 0.25) is 5.91 Å². The third-order valence-electron chi connectivity index (χ3n) is 3.41. The van der Waals surface area contributed by atoms with Gasteiger partial charge in [0.15, 0.2) is 0 Å². The molecule has 0 aromatic rings. The van der Waals surface area contributed by atoms with E-state index in [1.807, 2.05) is 7.05 Å². The number of nitrogens with one attached hydrogen (secondary N) is 1. The van der Waals surface area contributed by atoms with E-state index in [-0.39, 0.29) is 12.5 Å². The Labute approximate surface area is 110 Å². The molecule has 0 saturated carbocycles. The predicted octanol–water partition coefficient (Wildman–Crippen LogP) is 0.498. The van der Waals surface area contributed by atoms with Crippen molar-refractivity contribution in [2.45, 2.75) is 19.3 Å². The van der Waals surface area contributed by atoms with Crippen molar-refractivity contribution in [1.82, 2.24) is 10.2 Å². The van der Waals surface area contributed by atoms with Crippen LogP contribution in [0, 0.1) is 5.92 Å². The fourth-order valence-electron chi connectivity index (χ4n) is 2.08. The molecule has 1 N–H and O–H groups in total. The molecule has 1 aliphatic heterocycles. The maximum absolute atomic E-state index is 11.7. The van der Waals surface area contributed by atoms with Gasteiger partial charge >= 0.3 is 0 Å². The van der Waals surface area contributed by atoms with Gasteiger partial charge in [-0.15, -0.1) is 0 Å². The van der Waals surface area contributed by atoms with Gasteiger partial charge in [-0.1, -0.05) is 0 Å². The second-order valence-electron chi connectivity index (χ2n) is 4.84. The first kappa shape index (κ1) is 15.4. The molecule has 0 aliphatic carbocycles. The van der Waals surface area contributed by atoms with Crippen LogP contribution in [0.15, 0.2) is 0 Å². The van der Waals surface area contributed by atoms with Crippen molar-refractivity contribution in [3.63, 3.8) is 0 Å². The van der Waals surface area contributed by atoms with Crippen LogP contribution in [0.4, 0.5) is 0 Å². The normalized spacial score (nSPS) is 16.8. The number of nitrogens with zero attached hydrogens (tertiary/aromatic N) is 1. The molecule has 1 aliphatic rings. The van der Waals surface area contributed by atoms with Crippen LogP contribution < -0.4 is 5.32 Å². The zero-order valence-electron chi connectivity index (χ0n) is 11.6. The minimum atomic E-state index is 0.0556. The second-order valence-corrected chi connectivity index (χ2v) is 4.84. The molecule has 5 heteroatoms. The van der Waals surface area contributed by atoms with Crippen LogP contribution >= 0.6 is 0 Å². The monoisotopic (exact) mass is 258 g/mol. The van der Waals surface area contributed by atoms with Crippen LogP contribution in [-0.4, -0.2) is 64.4 Å². The van der Waals surface area contributed by atoms with E-state index in [0.717, 1.165) is 32.0 Å². The Morgan fingerprint density at radius 1 is 1.33 bits per heavy atom. The summed E-state index contributed by atoms with van der Waals surface area (Å²) in [5.41, 5.74) is 0. The van der Waals surface area contributed by atoms with Gasteiger partial charge in [-0.25, -0.2) is 0 Å². The maximum Gasteiger partial charge on any atom is 0.248 e. The molecule has 0 radical (unpaired) electrons. The highest BCUT2D eigenvalue weighted by molar-refractivity contribution is 5.77. The largest absolute Gasteiger partial charge is 0.382 e. The minimum Gasteiger partial charge on any atom is -0.382 e. The lowest BCUT2D eigenvalue weighted by atomic mass is 9.94. The highest BCUT2D eigenvalue weighted by Gasteiger charge is 2.15. The summed E-state index contributed by atoms with van der Waals surface area (Å²) in [6.45, 7) is 4.23. The van der Waals surface area contributed by atoms with Crippen LogP contribution in [0.1, 0.15) is 19.3 Å². The second kappa shape index (κ2) is 9.30. The number of carbonyl (C=O) groups is 1. The summed E-state index contributed by atoms with van der Waals surface area (Å²) in [4.78, 5) is 13.5. The molecular formula is C13H26N2O3. The van der Waals surface area contributed by atoms with Crippen molar-refractivity contribution in [1.29, 1.82) is 0 Å². The third-order valence-corrected chi connectivity index (χ3v) is 3.41. The zero-order valence-corrected chi connectivity index (χ0v) is 11.6. The molecular weight excluding hydrogens is 232 g/mol. The first-order valence-electron chi connectivity index (χ1n) is 6.75. The van der Waals surface area contributed by atoms with E-state index in [4.69, 9.17) is 9.47 Å². The molecule has 0 spiro atoms. The molecule has 0 unspecified atom stereocenters. The van der Waals surface area contributed by atoms with Crippen molar-refractivity contribution in [3.8, 4) is 0 Å². The van der Waals surface area contributed by atoms with Gasteiger partial charge in [-0.3, -0.25) is 4.79 Å². The van der Waals surface area contributed by atoms with Crippen molar-refractivity contribution < 1.29 is 14.3 Å². The van der Waals surface area contributed by atoms with E-state index < -0.39 is 0 Å². The van der Waals surface area contributed by atoms with Gasteiger partial charge < -0.3 is 19.7 Å². The van der Waals surface area contributed by atoms with E-state index in [0.29, 0.717) is 13.2 Å². The Balaban J connectivity index is 2.07. The molecule has 18 heavy (non-hydrogen) atoms. The highest BCUT2D eigenvalue weighted by Crippen LogP contribution is 2.15. The summed E-state index contributed by atoms with van der Waals surface area (Å²) in [7, 11) is 3.47. The van der Waals surface area contributed by atoms with E-state index in [2.05, 4.69) is 5.32 Å². The molecule has 1 heterocycles. The standard InChI is InChI=1S/C13H26N2O3/c1-15(13(16)11-18-10-9-17-2)8-5-12-3-6-14-7-4-12/h12,14H,3-11H2,1-2H3. The Morgan fingerprint density at radius 3 is 2.72 bits per heavy atom. The minimum absolute atomic E-state index is 0.0556. The molecule has 0 bridgehead atoms. The molecule has 0 aromatic carbocycles. The number of likely N-dealkylation sites (N-methyl/N-ethyl adjacent to an activating group) is 1. The van der Waals surface area contributed by atoms with Crippen molar-refractivity contribution in [2.75, 3.05) is 53.6 Å². The number of hydrogen-bond acceptors (Lipinski definition) is 4. The average Bonchev–Trinajstić information content (AvgIpc) is 2.42. The topological polar surface area (TPSA) is 50.8 Å². The summed E-state index contributed by atoms with van der Waals surface area (Å²) < 4.78 is 10.1. The molecule has 0 atom stereocenters. The fourth-order valence-corrected chi connectivity index (χ4v) is 2.08. The first-order chi connectivity index (χ1) is 8.74. The van der Waals surface area contributed by atoms with Gasteiger partial charge in [0, 0.05) is 20.7 Å². The smallest absolute Gasteiger partial charge is 0.248 e. The van der Waals surface area contributed by atoms with Crippen LogP contribution in [0.5, 0.6) is 0 Å². The number of rotatable bonds is 8. The number of hydrogen-bond donors (Lipinski definition) is 1. The fraction of sp³-hybridized carbons (Fsp3) is 0.923. The van der Waals surface area contributed by atoms with Gasteiger partial charge in [0.05, 0.1) is 13.2 Å². The molecule has 1 saturated heterocycles. The van der Waals surface area contributed by atoms with Crippen LogP contribution in [0.25, 0.3) is 0 Å². The molecule has 5 nitrogen and oxygen atoms in total. The Kier molecular flexibility index (Phi) is 7.96. The summed E-state index contributed by atoms with van der Waals surface area (Å²) in [6, 6.07) is 0. The predicted molar refractivity (Wildman–Crippen MR) is 70.5 cm³/mol. The van der Waals surface area contributed by atoms with Crippen molar-refractivity contribution in [2.24, 2.45) is 5.92 Å². The summed E-state index contributed by atoms with van der Waals surface area (Å²) in [5, 5.41) is 3.35. The third kappa shape index (κ3) is 6.33. The van der Waals surface area contributed by atoms with Crippen LogP contribution in [0.2, 0.25) is 0 Å². The van der Waals surface area contributed by atoms with Gasteiger partial charge in [-0.2, -0.15) is 0 Å². The Morgan fingerprint density at radius 2 is 2.06 bits per heavy atom. The Bertz CT molecular complexity index is 230. The van der Waals surface area contributed by atoms with Crippen LogP contribution in [0.3, 0.4) is 0 Å². The van der Waals surface area contributed by atoms with Crippen molar-refractivity contribution >= 4 is 5.91 Å². The van der Waals surface area contributed by atoms with E-state index in [9.17, 15) is 4.79 Å². The summed E-state index contributed by atoms with van der Waals surface area (Å²) in [5.74, 6) is 0.816. The van der Waals surface area contributed by atoms with Gasteiger partial charge in [0.25, 0.3) is 0 Å². The molecule has 1 fully saturated rings. The van der Waals surface area contributed by atoms with Gasteiger partial charge in [0.1, 0.15) is 6.61 Å². The molecule has 1 amide bonds. The van der Waals surface area contributed by atoms with Crippen molar-refractivity contribution in [3.05, 3.63) is 0 Å². The zero-order chi connectivity index (χ0) is 13.2. The lowest BCUT2D eigenvalue weighted by molar-refractivity contribution is -0.135. The lowest BCUT2D eigenvalue weighted by Crippen LogP contribution is -2.34. The van der Waals surface area contributed by atoms with E-state index in [1.165, 1.54) is 12.8 Å². The first-order valence-corrected chi connectivity index (χ1v) is 6.75. The van der Waals surface area contributed by atoms with E-state index >= 15 is 0 Å². The number of methoxy groups -OCH3 is 1. The number of carbonyl (C=O) groups excluding carboxylic acids is 1. The molecule has 106 valence electrons. The Hall–Kier alpha value is -0.650. The highest BCUT2D eigenvalue weighted by atomic mass is 16.5.